The van der Waals surface area contributed by atoms with E-state index in [2.05, 4.69) is 4.98 Å². The third-order valence-corrected chi connectivity index (χ3v) is 3.12. The molecule has 3 heteroatoms. The van der Waals surface area contributed by atoms with Crippen molar-refractivity contribution in [3.8, 4) is 0 Å². The van der Waals surface area contributed by atoms with Gasteiger partial charge in [-0.3, -0.25) is 4.98 Å². The van der Waals surface area contributed by atoms with Crippen LogP contribution in [0.15, 0.2) is 24.5 Å². The Morgan fingerprint density at radius 1 is 1.47 bits per heavy atom. The molecule has 0 amide bonds. The van der Waals surface area contributed by atoms with E-state index in [0.717, 1.165) is 5.56 Å². The number of aliphatic hydroxyl groups is 1. The predicted molar refractivity (Wildman–Crippen MR) is 61.7 cm³/mol. The molecular formula is C12H20N2O. The summed E-state index contributed by atoms with van der Waals surface area (Å²) in [6.45, 7) is 4.07. The molecule has 1 aromatic rings. The van der Waals surface area contributed by atoms with Gasteiger partial charge in [0.25, 0.3) is 0 Å². The van der Waals surface area contributed by atoms with Crippen LogP contribution in [0.1, 0.15) is 19.4 Å². The molecular weight excluding hydrogens is 188 g/mol. The number of likely N-dealkylation sites (N-methyl/N-ethyl adjacent to an activating group) is 1. The van der Waals surface area contributed by atoms with Gasteiger partial charge in [-0.1, -0.05) is 6.07 Å². The Kier molecular flexibility index (Phi) is 3.83. The summed E-state index contributed by atoms with van der Waals surface area (Å²) < 4.78 is 0. The lowest BCUT2D eigenvalue weighted by Gasteiger charge is -2.37. The molecule has 0 saturated carbocycles. The van der Waals surface area contributed by atoms with Crippen LogP contribution in [0.4, 0.5) is 0 Å². The van der Waals surface area contributed by atoms with E-state index in [0.29, 0.717) is 6.42 Å². The van der Waals surface area contributed by atoms with Gasteiger partial charge in [0.15, 0.2) is 0 Å². The molecule has 0 saturated heterocycles. The summed E-state index contributed by atoms with van der Waals surface area (Å²) in [6, 6.07) is 3.88. The highest BCUT2D eigenvalue weighted by molar-refractivity contribution is 5.11. The van der Waals surface area contributed by atoms with Crippen molar-refractivity contribution in [3.63, 3.8) is 0 Å². The third-order valence-electron chi connectivity index (χ3n) is 3.12. The van der Waals surface area contributed by atoms with Gasteiger partial charge in [0.2, 0.25) is 0 Å². The Labute approximate surface area is 91.8 Å². The standard InChI is InChI=1S/C12H20N2O/c1-12(2,14(3)4)11(15)8-10-6-5-7-13-9-10/h5-7,9,11,15H,8H2,1-4H3. The van der Waals surface area contributed by atoms with Crippen molar-refractivity contribution >= 4 is 0 Å². The van der Waals surface area contributed by atoms with E-state index < -0.39 is 6.10 Å². The van der Waals surface area contributed by atoms with Crippen LogP contribution in [0.3, 0.4) is 0 Å². The van der Waals surface area contributed by atoms with E-state index in [1.54, 1.807) is 12.4 Å². The average Bonchev–Trinajstić information content (AvgIpc) is 2.18. The van der Waals surface area contributed by atoms with Crippen molar-refractivity contribution in [1.29, 1.82) is 0 Å². The van der Waals surface area contributed by atoms with Crippen LogP contribution in [0.2, 0.25) is 0 Å². The SMILES string of the molecule is CN(C)C(C)(C)C(O)Cc1cccnc1. The zero-order valence-electron chi connectivity index (χ0n) is 9.94. The Morgan fingerprint density at radius 3 is 2.60 bits per heavy atom. The highest BCUT2D eigenvalue weighted by Crippen LogP contribution is 2.18. The fourth-order valence-corrected chi connectivity index (χ4v) is 1.29. The molecule has 0 aliphatic carbocycles. The Hall–Kier alpha value is -0.930. The van der Waals surface area contributed by atoms with Gasteiger partial charge < -0.3 is 10.0 Å². The van der Waals surface area contributed by atoms with E-state index in [1.165, 1.54) is 0 Å². The topological polar surface area (TPSA) is 36.4 Å². The second-order valence-electron chi connectivity index (χ2n) is 4.63. The Morgan fingerprint density at radius 2 is 2.13 bits per heavy atom. The second kappa shape index (κ2) is 4.73. The first-order valence-corrected chi connectivity index (χ1v) is 5.19. The van der Waals surface area contributed by atoms with Crippen LogP contribution in [-0.4, -0.2) is 40.7 Å². The number of aliphatic hydroxyl groups excluding tert-OH is 1. The van der Waals surface area contributed by atoms with E-state index >= 15 is 0 Å². The minimum Gasteiger partial charge on any atom is -0.391 e. The lowest BCUT2D eigenvalue weighted by atomic mass is 9.91. The first-order chi connectivity index (χ1) is 6.94. The van der Waals surface area contributed by atoms with Crippen LogP contribution in [0.5, 0.6) is 0 Å². The summed E-state index contributed by atoms with van der Waals surface area (Å²) in [5, 5.41) is 10.1. The van der Waals surface area contributed by atoms with Crippen molar-refractivity contribution in [1.82, 2.24) is 9.88 Å². The molecule has 1 N–H and O–H groups in total. The minimum absolute atomic E-state index is 0.226. The molecule has 0 aromatic carbocycles. The number of rotatable bonds is 4. The second-order valence-corrected chi connectivity index (χ2v) is 4.63. The lowest BCUT2D eigenvalue weighted by molar-refractivity contribution is 0.0182. The predicted octanol–water partition coefficient (Wildman–Crippen LogP) is 1.33. The number of hydrogen-bond acceptors (Lipinski definition) is 3. The first kappa shape index (κ1) is 12.1. The minimum atomic E-state index is -0.392. The number of nitrogens with zero attached hydrogens (tertiary/aromatic N) is 2. The van der Waals surface area contributed by atoms with Crippen LogP contribution in [0.25, 0.3) is 0 Å². The molecule has 3 nitrogen and oxygen atoms in total. The number of aromatic nitrogens is 1. The molecule has 1 atom stereocenters. The van der Waals surface area contributed by atoms with Gasteiger partial charge in [0.05, 0.1) is 6.10 Å². The van der Waals surface area contributed by atoms with Gasteiger partial charge in [-0.2, -0.15) is 0 Å². The molecule has 15 heavy (non-hydrogen) atoms. The molecule has 1 aromatic heterocycles. The first-order valence-electron chi connectivity index (χ1n) is 5.19. The largest absolute Gasteiger partial charge is 0.391 e. The molecule has 0 radical (unpaired) electrons. The number of pyridine rings is 1. The summed E-state index contributed by atoms with van der Waals surface area (Å²) in [5.41, 5.74) is 0.843. The van der Waals surface area contributed by atoms with Gasteiger partial charge in [-0.05, 0) is 39.6 Å². The van der Waals surface area contributed by atoms with E-state index in [4.69, 9.17) is 0 Å². The Balaban J connectivity index is 2.67. The highest BCUT2D eigenvalue weighted by Gasteiger charge is 2.29. The van der Waals surface area contributed by atoms with Gasteiger partial charge in [0, 0.05) is 24.4 Å². The quantitative estimate of drug-likeness (QED) is 0.811. The summed E-state index contributed by atoms with van der Waals surface area (Å²) in [5.74, 6) is 0. The molecule has 1 unspecified atom stereocenters. The lowest BCUT2D eigenvalue weighted by Crippen LogP contribution is -2.49. The van der Waals surface area contributed by atoms with Crippen molar-refractivity contribution in [3.05, 3.63) is 30.1 Å². The zero-order valence-corrected chi connectivity index (χ0v) is 9.94. The van der Waals surface area contributed by atoms with Crippen LogP contribution in [-0.2, 0) is 6.42 Å². The molecule has 0 spiro atoms. The molecule has 0 bridgehead atoms. The fraction of sp³-hybridized carbons (Fsp3) is 0.583. The van der Waals surface area contributed by atoms with Crippen LogP contribution in [0, 0.1) is 0 Å². The van der Waals surface area contributed by atoms with Crippen molar-refractivity contribution < 1.29 is 5.11 Å². The van der Waals surface area contributed by atoms with Gasteiger partial charge in [-0.25, -0.2) is 0 Å². The maximum Gasteiger partial charge on any atom is 0.0759 e. The molecule has 1 heterocycles. The van der Waals surface area contributed by atoms with E-state index in [9.17, 15) is 5.11 Å². The van der Waals surface area contributed by atoms with Crippen molar-refractivity contribution in [2.75, 3.05) is 14.1 Å². The van der Waals surface area contributed by atoms with Crippen molar-refractivity contribution in [2.45, 2.75) is 31.9 Å². The van der Waals surface area contributed by atoms with Gasteiger partial charge in [0.1, 0.15) is 0 Å². The zero-order chi connectivity index (χ0) is 11.5. The Bertz CT molecular complexity index is 296. The average molecular weight is 208 g/mol. The molecule has 0 aliphatic rings. The molecule has 1 rings (SSSR count). The summed E-state index contributed by atoms with van der Waals surface area (Å²) >= 11 is 0. The van der Waals surface area contributed by atoms with Crippen LogP contribution < -0.4 is 0 Å². The number of hydrogen-bond donors (Lipinski definition) is 1. The smallest absolute Gasteiger partial charge is 0.0759 e. The van der Waals surface area contributed by atoms with E-state index in [-0.39, 0.29) is 5.54 Å². The highest BCUT2D eigenvalue weighted by atomic mass is 16.3. The van der Waals surface area contributed by atoms with Gasteiger partial charge >= 0.3 is 0 Å². The summed E-state index contributed by atoms with van der Waals surface area (Å²) in [4.78, 5) is 6.08. The normalized spacial score (nSPS) is 14.3. The molecule has 0 fully saturated rings. The monoisotopic (exact) mass is 208 g/mol. The molecule has 84 valence electrons. The maximum absolute atomic E-state index is 10.1. The maximum atomic E-state index is 10.1. The fourth-order valence-electron chi connectivity index (χ4n) is 1.29. The van der Waals surface area contributed by atoms with Crippen molar-refractivity contribution in [2.24, 2.45) is 0 Å². The van der Waals surface area contributed by atoms with Crippen LogP contribution >= 0.6 is 0 Å². The van der Waals surface area contributed by atoms with E-state index in [1.807, 2.05) is 45.0 Å². The summed E-state index contributed by atoms with van der Waals surface area (Å²) in [7, 11) is 3.96. The summed E-state index contributed by atoms with van der Waals surface area (Å²) in [6.07, 6.45) is 3.79. The third kappa shape index (κ3) is 3.01. The molecule has 0 aliphatic heterocycles. The van der Waals surface area contributed by atoms with Gasteiger partial charge in [-0.15, -0.1) is 0 Å².